The van der Waals surface area contributed by atoms with E-state index in [-0.39, 0.29) is 23.8 Å². The second-order valence-electron chi connectivity index (χ2n) is 5.67. The van der Waals surface area contributed by atoms with E-state index >= 15 is 0 Å². The fourth-order valence-electron chi connectivity index (χ4n) is 2.68. The molecule has 5 nitrogen and oxygen atoms in total. The monoisotopic (exact) mass is 362 g/mol. The molecule has 1 N–H and O–H groups in total. The van der Waals surface area contributed by atoms with Gasteiger partial charge in [-0.05, 0) is 42.0 Å². The van der Waals surface area contributed by atoms with Crippen LogP contribution in [0.3, 0.4) is 0 Å². The van der Waals surface area contributed by atoms with E-state index in [1.165, 1.54) is 17.0 Å². The topological polar surface area (TPSA) is 58.6 Å². The normalized spacial score (nSPS) is 17.0. The molecule has 25 heavy (non-hydrogen) atoms. The third kappa shape index (κ3) is 3.81. The number of amides is 1. The summed E-state index contributed by atoms with van der Waals surface area (Å²) in [5, 5.41) is 0. The zero-order valence-corrected chi connectivity index (χ0v) is 14.0. The largest absolute Gasteiger partial charge is 0.457 e. The summed E-state index contributed by atoms with van der Waals surface area (Å²) >= 11 is 5.49. The molecular formula is C18H16ClFN2O3. The van der Waals surface area contributed by atoms with E-state index in [0.717, 1.165) is 11.6 Å². The molecule has 0 radical (unpaired) electrons. The number of hydrogen-bond acceptors (Lipinski definition) is 4. The molecule has 7 heteroatoms. The second kappa shape index (κ2) is 7.63. The maximum absolute atomic E-state index is 14.4. The van der Waals surface area contributed by atoms with E-state index < -0.39 is 17.8 Å². The molecular weight excluding hydrogens is 347 g/mol. The lowest BCUT2D eigenvalue weighted by Gasteiger charge is -2.17. The summed E-state index contributed by atoms with van der Waals surface area (Å²) in [7, 11) is 0. The zero-order valence-electron chi connectivity index (χ0n) is 13.2. The van der Waals surface area contributed by atoms with Crippen molar-refractivity contribution in [1.82, 2.24) is 4.84 Å². The highest BCUT2D eigenvalue weighted by atomic mass is 35.5. The van der Waals surface area contributed by atoms with E-state index in [4.69, 9.17) is 16.5 Å². The molecule has 1 aliphatic rings. The Hall–Kier alpha value is -2.44. The Morgan fingerprint density at radius 1 is 1.28 bits per heavy atom. The van der Waals surface area contributed by atoms with E-state index in [9.17, 15) is 14.0 Å². The van der Waals surface area contributed by atoms with Crippen molar-refractivity contribution in [1.29, 1.82) is 0 Å². The van der Waals surface area contributed by atoms with Crippen LogP contribution < -0.4 is 9.74 Å². The Balaban J connectivity index is 1.69. The lowest BCUT2D eigenvalue weighted by atomic mass is 10.2. The van der Waals surface area contributed by atoms with Crippen LogP contribution in [-0.2, 0) is 16.1 Å². The predicted molar refractivity (Wildman–Crippen MR) is 91.7 cm³/mol. The van der Waals surface area contributed by atoms with Crippen LogP contribution in [0.2, 0.25) is 0 Å². The Morgan fingerprint density at radius 2 is 2.04 bits per heavy atom. The molecule has 1 atom stereocenters. The smallest absolute Gasteiger partial charge is 0.338 e. The highest BCUT2D eigenvalue weighted by Crippen LogP contribution is 2.26. The van der Waals surface area contributed by atoms with Crippen LogP contribution in [-0.4, -0.2) is 24.5 Å². The summed E-state index contributed by atoms with van der Waals surface area (Å²) in [5.41, 5.74) is 1.06. The minimum atomic E-state index is -0.655. The SMILES string of the molecule is O=C(OCc1ccccc1)c1ccc(N2CCC(NCl)C2=O)c(F)c1. The summed E-state index contributed by atoms with van der Waals surface area (Å²) < 4.78 is 19.6. The first-order valence-corrected chi connectivity index (χ1v) is 8.16. The van der Waals surface area contributed by atoms with Gasteiger partial charge in [0.05, 0.1) is 11.3 Å². The van der Waals surface area contributed by atoms with Gasteiger partial charge in [-0.15, -0.1) is 0 Å². The van der Waals surface area contributed by atoms with Crippen molar-refractivity contribution in [3.8, 4) is 0 Å². The van der Waals surface area contributed by atoms with Crippen molar-refractivity contribution in [3.63, 3.8) is 0 Å². The van der Waals surface area contributed by atoms with Crippen molar-refractivity contribution < 1.29 is 18.7 Å². The molecule has 0 aromatic heterocycles. The second-order valence-corrected chi connectivity index (χ2v) is 5.89. The first-order valence-electron chi connectivity index (χ1n) is 7.78. The lowest BCUT2D eigenvalue weighted by Crippen LogP contribution is -2.34. The maximum Gasteiger partial charge on any atom is 0.338 e. The molecule has 130 valence electrons. The van der Waals surface area contributed by atoms with Gasteiger partial charge in [0.1, 0.15) is 18.5 Å². The van der Waals surface area contributed by atoms with Crippen LogP contribution in [0.25, 0.3) is 0 Å². The summed E-state index contributed by atoms with van der Waals surface area (Å²) in [5.74, 6) is -1.58. The maximum atomic E-state index is 14.4. The molecule has 0 bridgehead atoms. The third-order valence-corrected chi connectivity index (χ3v) is 4.29. The van der Waals surface area contributed by atoms with Crippen LogP contribution in [0, 0.1) is 5.82 Å². The number of ether oxygens (including phenoxy) is 1. The number of anilines is 1. The van der Waals surface area contributed by atoms with Gasteiger partial charge in [-0.25, -0.2) is 14.0 Å². The fraction of sp³-hybridized carbons (Fsp3) is 0.222. The molecule has 1 saturated heterocycles. The van der Waals surface area contributed by atoms with Gasteiger partial charge in [-0.3, -0.25) is 4.79 Å². The average Bonchev–Trinajstić information content (AvgIpc) is 3.01. The number of benzene rings is 2. The minimum Gasteiger partial charge on any atom is -0.457 e. The molecule has 1 fully saturated rings. The first kappa shape index (κ1) is 17.4. The number of hydrogen-bond donors (Lipinski definition) is 1. The Bertz CT molecular complexity index is 785. The number of carbonyl (C=O) groups excluding carboxylic acids is 2. The van der Waals surface area contributed by atoms with Crippen molar-refractivity contribution in [2.24, 2.45) is 0 Å². The molecule has 0 aliphatic carbocycles. The van der Waals surface area contributed by atoms with E-state index in [0.29, 0.717) is 13.0 Å². The number of rotatable bonds is 5. The summed E-state index contributed by atoms with van der Waals surface area (Å²) in [6.07, 6.45) is 0.489. The molecule has 3 rings (SSSR count). The molecule has 1 unspecified atom stereocenters. The van der Waals surface area contributed by atoms with Crippen molar-refractivity contribution >= 4 is 29.3 Å². The highest BCUT2D eigenvalue weighted by molar-refractivity contribution is 6.16. The van der Waals surface area contributed by atoms with Gasteiger partial charge in [0, 0.05) is 6.54 Å². The number of esters is 1. The molecule has 1 amide bonds. The van der Waals surface area contributed by atoms with Crippen LogP contribution >= 0.6 is 11.8 Å². The van der Waals surface area contributed by atoms with Crippen LogP contribution in [0.4, 0.5) is 10.1 Å². The van der Waals surface area contributed by atoms with Gasteiger partial charge >= 0.3 is 5.97 Å². The summed E-state index contributed by atoms with van der Waals surface area (Å²) in [4.78, 5) is 27.8. The zero-order chi connectivity index (χ0) is 17.8. The standard InChI is InChI=1S/C18H16ClFN2O3/c19-21-15-8-9-22(17(15)23)16-7-6-13(10-14(16)20)18(24)25-11-12-4-2-1-3-5-12/h1-7,10,15,21H,8-9,11H2. The van der Waals surface area contributed by atoms with Crippen molar-refractivity contribution in [2.75, 3.05) is 11.4 Å². The Morgan fingerprint density at radius 3 is 2.68 bits per heavy atom. The van der Waals surface area contributed by atoms with Crippen molar-refractivity contribution in [2.45, 2.75) is 19.1 Å². The van der Waals surface area contributed by atoms with Gasteiger partial charge in [0.15, 0.2) is 0 Å². The van der Waals surface area contributed by atoms with E-state index in [2.05, 4.69) is 4.84 Å². The van der Waals surface area contributed by atoms with Gasteiger partial charge in [0.25, 0.3) is 0 Å². The van der Waals surface area contributed by atoms with Crippen LogP contribution in [0.15, 0.2) is 48.5 Å². The molecule has 2 aromatic rings. The quantitative estimate of drug-likeness (QED) is 0.656. The van der Waals surface area contributed by atoms with E-state index in [1.807, 2.05) is 30.3 Å². The Labute approximate surface area is 149 Å². The average molecular weight is 363 g/mol. The van der Waals surface area contributed by atoms with Gasteiger partial charge in [-0.2, -0.15) is 0 Å². The number of nitrogens with one attached hydrogen (secondary N) is 1. The minimum absolute atomic E-state index is 0.0934. The third-order valence-electron chi connectivity index (χ3n) is 4.02. The van der Waals surface area contributed by atoms with Crippen LogP contribution in [0.1, 0.15) is 22.3 Å². The van der Waals surface area contributed by atoms with Gasteiger partial charge in [-0.1, -0.05) is 30.3 Å². The number of nitrogens with zero attached hydrogens (tertiary/aromatic N) is 1. The van der Waals surface area contributed by atoms with Gasteiger partial charge < -0.3 is 9.64 Å². The Kier molecular flexibility index (Phi) is 5.31. The molecule has 2 aromatic carbocycles. The van der Waals surface area contributed by atoms with Crippen LogP contribution in [0.5, 0.6) is 0 Å². The highest BCUT2D eigenvalue weighted by Gasteiger charge is 2.33. The molecule has 0 saturated carbocycles. The molecule has 0 spiro atoms. The molecule has 1 aliphatic heterocycles. The fourth-order valence-corrected chi connectivity index (χ4v) is 2.88. The number of halogens is 2. The number of carbonyl (C=O) groups is 2. The summed E-state index contributed by atoms with van der Waals surface area (Å²) in [6, 6.07) is 12.6. The van der Waals surface area contributed by atoms with Crippen molar-refractivity contribution in [3.05, 3.63) is 65.5 Å². The summed E-state index contributed by atoms with van der Waals surface area (Å²) in [6.45, 7) is 0.467. The first-order chi connectivity index (χ1) is 12.1. The predicted octanol–water partition coefficient (Wildman–Crippen LogP) is 3.03. The van der Waals surface area contributed by atoms with E-state index in [1.54, 1.807) is 0 Å². The lowest BCUT2D eigenvalue weighted by molar-refractivity contribution is -0.118. The van der Waals surface area contributed by atoms with Gasteiger partial charge in [0.2, 0.25) is 5.91 Å². The molecule has 1 heterocycles.